The first kappa shape index (κ1) is 29.6. The minimum absolute atomic E-state index is 0.0380. The minimum Gasteiger partial charge on any atom is -0.367 e. The normalized spacial score (nSPS) is 15.5. The van der Waals surface area contributed by atoms with Crippen LogP contribution < -0.4 is 21.3 Å². The second-order valence-electron chi connectivity index (χ2n) is 12.0. The third-order valence-corrected chi connectivity index (χ3v) is 7.98. The van der Waals surface area contributed by atoms with E-state index in [1.54, 1.807) is 0 Å². The van der Waals surface area contributed by atoms with E-state index < -0.39 is 0 Å². The van der Waals surface area contributed by atoms with E-state index >= 15 is 0 Å². The Bertz CT molecular complexity index is 1390. The first-order valence-electron chi connectivity index (χ1n) is 15.1. The van der Waals surface area contributed by atoms with Crippen LogP contribution in [0.25, 0.3) is 11.1 Å². The lowest BCUT2D eigenvalue weighted by Crippen LogP contribution is -2.45. The highest BCUT2D eigenvalue weighted by atomic mass is 16.2. The third kappa shape index (κ3) is 7.69. The van der Waals surface area contributed by atoms with Crippen molar-refractivity contribution >= 4 is 23.3 Å². The van der Waals surface area contributed by atoms with Crippen molar-refractivity contribution < 1.29 is 9.59 Å². The SMILES string of the molecule is CC(C)NC(=O)Nc1cc(-c2cccc(CN(Cc3cccc(CN)c3)C(=O)C3CC3)c2)ccc1N1CCN(C)CC1. The summed E-state index contributed by atoms with van der Waals surface area (Å²) in [5.74, 6) is 0.358. The molecule has 0 spiro atoms. The molecule has 4 N–H and O–H groups in total. The van der Waals surface area contributed by atoms with Gasteiger partial charge in [-0.2, -0.15) is 0 Å². The lowest BCUT2D eigenvalue weighted by atomic mass is 10.0. The van der Waals surface area contributed by atoms with Gasteiger partial charge in [-0.15, -0.1) is 0 Å². The van der Waals surface area contributed by atoms with E-state index in [9.17, 15) is 9.59 Å². The number of likely N-dealkylation sites (N-methyl/N-ethyl adjacent to an activating group) is 1. The first-order valence-corrected chi connectivity index (χ1v) is 15.1. The Morgan fingerprint density at radius 1 is 0.881 bits per heavy atom. The van der Waals surface area contributed by atoms with Crippen LogP contribution in [0.5, 0.6) is 0 Å². The van der Waals surface area contributed by atoms with Crippen LogP contribution >= 0.6 is 0 Å². The maximum absolute atomic E-state index is 13.3. The predicted octanol–water partition coefficient (Wildman–Crippen LogP) is 5.03. The van der Waals surface area contributed by atoms with Gasteiger partial charge in [-0.25, -0.2) is 4.79 Å². The molecule has 0 atom stereocenters. The fraction of sp³-hybridized carbons (Fsp3) is 0.412. The zero-order chi connectivity index (χ0) is 29.6. The van der Waals surface area contributed by atoms with Gasteiger partial charge in [-0.3, -0.25) is 4.79 Å². The van der Waals surface area contributed by atoms with Crippen LogP contribution in [0.3, 0.4) is 0 Å². The Kier molecular flexibility index (Phi) is 9.45. The molecule has 2 fully saturated rings. The number of nitrogens with two attached hydrogens (primary N) is 1. The van der Waals surface area contributed by atoms with Crippen molar-refractivity contribution in [2.24, 2.45) is 11.7 Å². The molecule has 1 saturated carbocycles. The number of nitrogens with zero attached hydrogens (tertiary/aromatic N) is 3. The molecule has 0 aromatic heterocycles. The van der Waals surface area contributed by atoms with Crippen LogP contribution in [0.2, 0.25) is 0 Å². The molecule has 3 aromatic rings. The van der Waals surface area contributed by atoms with Crippen molar-refractivity contribution in [2.75, 3.05) is 43.4 Å². The number of rotatable bonds is 10. The molecular weight excluding hydrogens is 524 g/mol. The molecule has 3 amide bonds. The average Bonchev–Trinajstić information content (AvgIpc) is 3.83. The summed E-state index contributed by atoms with van der Waals surface area (Å²) in [5, 5.41) is 6.06. The molecule has 1 heterocycles. The number of benzene rings is 3. The Hall–Kier alpha value is -3.88. The Morgan fingerprint density at radius 2 is 1.52 bits per heavy atom. The summed E-state index contributed by atoms with van der Waals surface area (Å²) in [7, 11) is 2.14. The summed E-state index contributed by atoms with van der Waals surface area (Å²) in [5.41, 5.74) is 13.0. The number of hydrogen-bond acceptors (Lipinski definition) is 5. The summed E-state index contributed by atoms with van der Waals surface area (Å²) in [6.45, 7) is 9.27. The van der Waals surface area contributed by atoms with Crippen LogP contribution in [-0.2, 0) is 24.4 Å². The van der Waals surface area contributed by atoms with Crippen molar-refractivity contribution in [3.05, 3.63) is 83.4 Å². The van der Waals surface area contributed by atoms with Crippen molar-refractivity contribution in [1.82, 2.24) is 15.1 Å². The number of carbonyl (C=O) groups excluding carboxylic acids is 2. The summed E-state index contributed by atoms with van der Waals surface area (Å²) >= 11 is 0. The number of anilines is 2. The second kappa shape index (κ2) is 13.4. The van der Waals surface area contributed by atoms with Gasteiger partial charge in [0.05, 0.1) is 11.4 Å². The molecule has 222 valence electrons. The van der Waals surface area contributed by atoms with E-state index in [4.69, 9.17) is 5.73 Å². The van der Waals surface area contributed by atoms with Crippen LogP contribution in [0.1, 0.15) is 43.4 Å². The molecule has 42 heavy (non-hydrogen) atoms. The second-order valence-corrected chi connectivity index (χ2v) is 12.0. The fourth-order valence-corrected chi connectivity index (χ4v) is 5.50. The highest BCUT2D eigenvalue weighted by Crippen LogP contribution is 2.34. The quantitative estimate of drug-likeness (QED) is 0.319. The summed E-state index contributed by atoms with van der Waals surface area (Å²) < 4.78 is 0. The molecular formula is C34H44N6O2. The molecule has 8 nitrogen and oxygen atoms in total. The number of nitrogens with one attached hydrogen (secondary N) is 2. The topological polar surface area (TPSA) is 93.9 Å². The highest BCUT2D eigenvalue weighted by Gasteiger charge is 2.33. The highest BCUT2D eigenvalue weighted by molar-refractivity contribution is 5.95. The Morgan fingerprint density at radius 3 is 2.19 bits per heavy atom. The zero-order valence-electron chi connectivity index (χ0n) is 25.1. The van der Waals surface area contributed by atoms with E-state index in [0.717, 1.165) is 78.2 Å². The number of hydrogen-bond donors (Lipinski definition) is 3. The molecule has 3 aromatic carbocycles. The molecule has 8 heteroatoms. The van der Waals surface area contributed by atoms with Crippen LogP contribution in [0.15, 0.2) is 66.7 Å². The van der Waals surface area contributed by atoms with Crippen LogP contribution in [0.4, 0.5) is 16.2 Å². The number of amides is 3. The van der Waals surface area contributed by atoms with E-state index in [0.29, 0.717) is 19.6 Å². The standard InChI is InChI=1S/C34H44N6O2/c1-24(2)36-34(42)37-31-20-30(12-13-32(31)39-16-14-38(3)15-17-39)29-9-5-8-27(19-29)23-40(33(41)28-10-11-28)22-26-7-4-6-25(18-26)21-35/h4-9,12-13,18-20,24,28H,10-11,14-17,21-23,35H2,1-3H3,(H2,36,37,42). The predicted molar refractivity (Wildman–Crippen MR) is 170 cm³/mol. The number of urea groups is 1. The first-order chi connectivity index (χ1) is 20.3. The van der Waals surface area contributed by atoms with Crippen molar-refractivity contribution in [3.63, 3.8) is 0 Å². The van der Waals surface area contributed by atoms with E-state index in [1.165, 1.54) is 0 Å². The smallest absolute Gasteiger partial charge is 0.319 e. The molecule has 0 radical (unpaired) electrons. The van der Waals surface area contributed by atoms with E-state index in [-0.39, 0.29) is 23.9 Å². The van der Waals surface area contributed by atoms with Gasteiger partial charge >= 0.3 is 6.03 Å². The number of piperazine rings is 1. The maximum atomic E-state index is 13.3. The summed E-state index contributed by atoms with van der Waals surface area (Å²) in [6, 6.07) is 22.7. The summed E-state index contributed by atoms with van der Waals surface area (Å²) in [6.07, 6.45) is 1.94. The molecule has 0 unspecified atom stereocenters. The van der Waals surface area contributed by atoms with Crippen LogP contribution in [0, 0.1) is 5.92 Å². The molecule has 0 bridgehead atoms. The third-order valence-electron chi connectivity index (χ3n) is 7.98. The van der Waals surface area contributed by atoms with E-state index in [1.807, 2.05) is 36.9 Å². The minimum atomic E-state index is -0.209. The maximum Gasteiger partial charge on any atom is 0.319 e. The number of carbonyl (C=O) groups is 2. The molecule has 5 rings (SSSR count). The fourth-order valence-electron chi connectivity index (χ4n) is 5.50. The zero-order valence-corrected chi connectivity index (χ0v) is 25.1. The largest absolute Gasteiger partial charge is 0.367 e. The summed E-state index contributed by atoms with van der Waals surface area (Å²) in [4.78, 5) is 32.7. The lowest BCUT2D eigenvalue weighted by molar-refractivity contribution is -0.133. The van der Waals surface area contributed by atoms with Crippen molar-refractivity contribution in [3.8, 4) is 11.1 Å². The van der Waals surface area contributed by atoms with Gasteiger partial charge in [0, 0.05) is 57.8 Å². The molecule has 2 aliphatic rings. The Labute approximate surface area is 249 Å². The van der Waals surface area contributed by atoms with E-state index in [2.05, 4.69) is 76.0 Å². The van der Waals surface area contributed by atoms with Gasteiger partial charge in [0.1, 0.15) is 0 Å². The van der Waals surface area contributed by atoms with Gasteiger partial charge in [0.25, 0.3) is 0 Å². The van der Waals surface area contributed by atoms with Gasteiger partial charge in [0.2, 0.25) is 5.91 Å². The van der Waals surface area contributed by atoms with Gasteiger partial charge in [0.15, 0.2) is 0 Å². The van der Waals surface area contributed by atoms with Crippen molar-refractivity contribution in [1.29, 1.82) is 0 Å². The molecule has 1 aliphatic heterocycles. The van der Waals surface area contributed by atoms with Gasteiger partial charge in [-0.1, -0.05) is 48.5 Å². The monoisotopic (exact) mass is 568 g/mol. The van der Waals surface area contributed by atoms with Gasteiger partial charge < -0.3 is 31.1 Å². The van der Waals surface area contributed by atoms with Gasteiger partial charge in [-0.05, 0) is 79.8 Å². The lowest BCUT2D eigenvalue weighted by Gasteiger charge is -2.35. The average molecular weight is 569 g/mol. The van der Waals surface area contributed by atoms with Crippen LogP contribution in [-0.4, -0.2) is 61.0 Å². The molecule has 1 saturated heterocycles. The van der Waals surface area contributed by atoms with Crippen molar-refractivity contribution in [2.45, 2.75) is 52.4 Å². The Balaban J connectivity index is 1.40. The molecule has 1 aliphatic carbocycles.